The van der Waals surface area contributed by atoms with Gasteiger partial charge in [-0.3, -0.25) is 0 Å². The topological polar surface area (TPSA) is 12.5 Å². The lowest BCUT2D eigenvalue weighted by molar-refractivity contribution is 0.000340. The zero-order valence-corrected chi connectivity index (χ0v) is 15.3. The molecule has 1 atom stereocenters. The summed E-state index contributed by atoms with van der Waals surface area (Å²) in [5, 5.41) is 2.55. The number of hydrogen-bond acceptors (Lipinski definition) is 2. The smallest absolute Gasteiger partial charge is 0.170 e. The Morgan fingerprint density at radius 1 is 0.923 bits per heavy atom. The third kappa shape index (κ3) is 1.96. The molecule has 0 radical (unpaired) electrons. The fraction of sp³-hybridized carbons (Fsp3) is 0.250. The number of ether oxygens (including phenoxy) is 1. The Hall–Kier alpha value is -2.58. The lowest BCUT2D eigenvalue weighted by Crippen LogP contribution is -2.51. The quantitative estimate of drug-likeness (QED) is 0.621. The van der Waals surface area contributed by atoms with Gasteiger partial charge in [0.15, 0.2) is 5.72 Å². The molecule has 3 aromatic carbocycles. The maximum atomic E-state index is 6.44. The molecule has 1 unspecified atom stereocenters. The molecule has 0 spiro atoms. The predicted molar refractivity (Wildman–Crippen MR) is 108 cm³/mol. The molecule has 3 aromatic rings. The molecule has 0 N–H and O–H groups in total. The molecule has 2 aliphatic rings. The first-order valence-corrected chi connectivity index (χ1v) is 9.32. The summed E-state index contributed by atoms with van der Waals surface area (Å²) in [6.45, 7) is 6.28. The van der Waals surface area contributed by atoms with Crippen LogP contribution in [-0.2, 0) is 10.2 Å². The summed E-state index contributed by atoms with van der Waals surface area (Å²) >= 11 is 0. The van der Waals surface area contributed by atoms with E-state index in [1.165, 1.54) is 27.6 Å². The van der Waals surface area contributed by atoms with E-state index in [2.05, 4.69) is 97.6 Å². The highest BCUT2D eigenvalue weighted by Crippen LogP contribution is 2.55. The van der Waals surface area contributed by atoms with Crippen LogP contribution in [0.3, 0.4) is 0 Å². The Labute approximate surface area is 154 Å². The number of rotatable bonds is 2. The van der Waals surface area contributed by atoms with Crippen molar-refractivity contribution in [2.75, 3.05) is 18.1 Å². The van der Waals surface area contributed by atoms with Gasteiger partial charge in [0.1, 0.15) is 0 Å². The molecule has 0 aliphatic carbocycles. The molecule has 1 saturated heterocycles. The normalized spacial score (nSPS) is 23.5. The third-order valence-corrected chi connectivity index (χ3v) is 6.11. The van der Waals surface area contributed by atoms with Crippen molar-refractivity contribution >= 4 is 22.5 Å². The highest BCUT2D eigenvalue weighted by molar-refractivity contribution is 5.90. The van der Waals surface area contributed by atoms with Crippen LogP contribution in [0, 0.1) is 0 Å². The summed E-state index contributed by atoms with van der Waals surface area (Å²) in [5.74, 6) is 0. The van der Waals surface area contributed by atoms with Gasteiger partial charge < -0.3 is 9.64 Å². The van der Waals surface area contributed by atoms with Crippen LogP contribution >= 0.6 is 0 Å². The molecule has 2 heterocycles. The van der Waals surface area contributed by atoms with Crippen LogP contribution in [0.4, 0.5) is 5.69 Å². The van der Waals surface area contributed by atoms with Crippen molar-refractivity contribution in [3.63, 3.8) is 0 Å². The molecule has 0 bridgehead atoms. The molecule has 0 amide bonds. The zero-order chi connectivity index (χ0) is 17.8. The summed E-state index contributed by atoms with van der Waals surface area (Å²) < 4.78 is 6.44. The van der Waals surface area contributed by atoms with Crippen LogP contribution in [0.25, 0.3) is 16.8 Å². The van der Waals surface area contributed by atoms with Gasteiger partial charge in [-0.05, 0) is 34.0 Å². The lowest BCUT2D eigenvalue weighted by Gasteiger charge is -2.39. The Bertz CT molecular complexity index is 1010. The van der Waals surface area contributed by atoms with Gasteiger partial charge in [-0.15, -0.1) is 0 Å². The average Bonchev–Trinajstić information content (AvgIpc) is 3.18. The van der Waals surface area contributed by atoms with Gasteiger partial charge in [0.2, 0.25) is 0 Å². The van der Waals surface area contributed by atoms with Crippen molar-refractivity contribution in [2.24, 2.45) is 0 Å². The first-order chi connectivity index (χ1) is 12.6. The van der Waals surface area contributed by atoms with E-state index in [4.69, 9.17) is 4.74 Å². The van der Waals surface area contributed by atoms with Crippen LogP contribution in [0.5, 0.6) is 0 Å². The van der Waals surface area contributed by atoms with Crippen molar-refractivity contribution < 1.29 is 4.74 Å². The summed E-state index contributed by atoms with van der Waals surface area (Å²) in [4.78, 5) is 2.43. The molecule has 5 rings (SSSR count). The number of benzene rings is 3. The van der Waals surface area contributed by atoms with Gasteiger partial charge in [0.25, 0.3) is 0 Å². The van der Waals surface area contributed by atoms with Crippen molar-refractivity contribution in [1.82, 2.24) is 0 Å². The van der Waals surface area contributed by atoms with E-state index in [1.807, 2.05) is 0 Å². The van der Waals surface area contributed by atoms with Gasteiger partial charge >= 0.3 is 0 Å². The molecule has 2 nitrogen and oxygen atoms in total. The molecular formula is C24H23NO. The Morgan fingerprint density at radius 2 is 1.69 bits per heavy atom. The zero-order valence-electron chi connectivity index (χ0n) is 15.3. The number of fused-ring (bicyclic) bond motifs is 4. The molecule has 130 valence electrons. The average molecular weight is 341 g/mol. The summed E-state index contributed by atoms with van der Waals surface area (Å²) in [7, 11) is 0. The minimum atomic E-state index is -0.423. The van der Waals surface area contributed by atoms with E-state index in [1.54, 1.807) is 0 Å². The second-order valence-electron chi connectivity index (χ2n) is 7.74. The van der Waals surface area contributed by atoms with Crippen LogP contribution in [0.15, 0.2) is 72.8 Å². The van der Waals surface area contributed by atoms with Crippen molar-refractivity contribution in [3.05, 3.63) is 83.9 Å². The van der Waals surface area contributed by atoms with E-state index >= 15 is 0 Å². The maximum Gasteiger partial charge on any atom is 0.170 e. The van der Waals surface area contributed by atoms with E-state index in [9.17, 15) is 0 Å². The summed E-state index contributed by atoms with van der Waals surface area (Å²) in [6, 6.07) is 23.7. The number of nitrogens with zero attached hydrogens (tertiary/aromatic N) is 1. The monoisotopic (exact) mass is 341 g/mol. The highest BCUT2D eigenvalue weighted by atomic mass is 16.5. The largest absolute Gasteiger partial charge is 0.349 e. The van der Waals surface area contributed by atoms with E-state index in [0.29, 0.717) is 0 Å². The predicted octanol–water partition coefficient (Wildman–Crippen LogP) is 5.38. The first-order valence-electron chi connectivity index (χ1n) is 9.32. The Kier molecular flexibility index (Phi) is 3.29. The Morgan fingerprint density at radius 3 is 2.62 bits per heavy atom. The summed E-state index contributed by atoms with van der Waals surface area (Å²) in [6.07, 6.45) is 4.52. The standard InChI is InChI=1S/C24H23NO/c1-23(2)21-12-5-6-13-22(21)25-16-17-26-24(23,25)15-14-19-10-7-9-18-8-3-4-11-20(18)19/h3-15H,16-17H2,1-2H3/b15-14-. The molecule has 0 saturated carbocycles. The fourth-order valence-electron chi connectivity index (χ4n) is 4.73. The third-order valence-electron chi connectivity index (χ3n) is 6.11. The highest BCUT2D eigenvalue weighted by Gasteiger charge is 2.58. The Balaban J connectivity index is 1.64. The van der Waals surface area contributed by atoms with E-state index in [0.717, 1.165) is 13.2 Å². The van der Waals surface area contributed by atoms with Crippen molar-refractivity contribution in [2.45, 2.75) is 25.0 Å². The molecule has 2 heteroatoms. The van der Waals surface area contributed by atoms with E-state index < -0.39 is 5.72 Å². The van der Waals surface area contributed by atoms with Crippen molar-refractivity contribution in [3.8, 4) is 0 Å². The number of hydrogen-bond donors (Lipinski definition) is 0. The minimum absolute atomic E-state index is 0.110. The van der Waals surface area contributed by atoms with Gasteiger partial charge in [-0.25, -0.2) is 0 Å². The molecule has 2 aliphatic heterocycles. The fourth-order valence-corrected chi connectivity index (χ4v) is 4.73. The van der Waals surface area contributed by atoms with Gasteiger partial charge in [0.05, 0.1) is 6.61 Å². The van der Waals surface area contributed by atoms with E-state index in [-0.39, 0.29) is 5.41 Å². The second kappa shape index (κ2) is 5.46. The van der Waals surface area contributed by atoms with Crippen molar-refractivity contribution in [1.29, 1.82) is 0 Å². The molecular weight excluding hydrogens is 318 g/mol. The first kappa shape index (κ1) is 15.7. The van der Waals surface area contributed by atoms with Gasteiger partial charge in [-0.2, -0.15) is 0 Å². The number of para-hydroxylation sites is 1. The van der Waals surface area contributed by atoms with Gasteiger partial charge in [-0.1, -0.05) is 80.6 Å². The van der Waals surface area contributed by atoms with Crippen LogP contribution in [0.2, 0.25) is 0 Å². The van der Waals surface area contributed by atoms with Crippen LogP contribution in [0.1, 0.15) is 25.0 Å². The summed E-state index contributed by atoms with van der Waals surface area (Å²) in [5.41, 5.74) is 3.37. The molecule has 1 fully saturated rings. The molecule has 0 aromatic heterocycles. The minimum Gasteiger partial charge on any atom is -0.349 e. The van der Waals surface area contributed by atoms with Crippen LogP contribution < -0.4 is 4.90 Å². The molecule has 26 heavy (non-hydrogen) atoms. The van der Waals surface area contributed by atoms with Crippen LogP contribution in [-0.4, -0.2) is 18.9 Å². The lowest BCUT2D eigenvalue weighted by atomic mass is 9.77. The SMILES string of the molecule is CC1(C)c2ccccc2N2CCOC21/C=C\c1cccc2ccccc12. The second-order valence-corrected chi connectivity index (χ2v) is 7.74. The maximum absolute atomic E-state index is 6.44. The number of anilines is 1. The van der Waals surface area contributed by atoms with Gasteiger partial charge in [0, 0.05) is 17.6 Å².